The SMILES string of the molecule is CC1(C)O[C@@H]2C(OC3CCCCO3)[C@@H]3OC(C)(C)O[C@H]3C(O)[C@@H]2O1. The summed E-state index contributed by atoms with van der Waals surface area (Å²) in [6.45, 7) is 8.07. The maximum Gasteiger partial charge on any atom is 0.164 e. The van der Waals surface area contributed by atoms with Gasteiger partial charge in [0.1, 0.15) is 36.6 Å². The smallest absolute Gasteiger partial charge is 0.164 e. The molecule has 1 aliphatic carbocycles. The molecule has 3 saturated heterocycles. The molecule has 24 heavy (non-hydrogen) atoms. The molecular formula is C17H28O7. The Morgan fingerprint density at radius 2 is 1.38 bits per heavy atom. The molecule has 3 unspecified atom stereocenters. The molecule has 4 rings (SSSR count). The summed E-state index contributed by atoms with van der Waals surface area (Å²) >= 11 is 0. The van der Waals surface area contributed by atoms with E-state index in [1.54, 1.807) is 0 Å². The molecule has 0 aromatic carbocycles. The molecule has 4 aliphatic rings. The van der Waals surface area contributed by atoms with E-state index < -0.39 is 48.2 Å². The van der Waals surface area contributed by atoms with Crippen LogP contribution in [-0.2, 0) is 28.4 Å². The molecule has 7 nitrogen and oxygen atoms in total. The maximum absolute atomic E-state index is 10.7. The van der Waals surface area contributed by atoms with Crippen LogP contribution < -0.4 is 0 Å². The van der Waals surface area contributed by atoms with Gasteiger partial charge in [0.05, 0.1) is 0 Å². The second-order valence-corrected chi connectivity index (χ2v) is 8.02. The normalized spacial score (nSPS) is 49.6. The predicted molar refractivity (Wildman–Crippen MR) is 82.1 cm³/mol. The van der Waals surface area contributed by atoms with Crippen LogP contribution in [0.3, 0.4) is 0 Å². The Kier molecular flexibility index (Phi) is 4.20. The molecule has 0 aromatic rings. The van der Waals surface area contributed by atoms with Crippen molar-refractivity contribution in [1.29, 1.82) is 0 Å². The average Bonchev–Trinajstić information content (AvgIpc) is 3.00. The van der Waals surface area contributed by atoms with Gasteiger partial charge in [0.15, 0.2) is 17.9 Å². The van der Waals surface area contributed by atoms with E-state index in [2.05, 4.69) is 0 Å². The molecule has 0 amide bonds. The number of aliphatic hydroxyl groups excluding tert-OH is 1. The highest BCUT2D eigenvalue weighted by molar-refractivity contribution is 5.08. The number of hydrogen-bond acceptors (Lipinski definition) is 7. The van der Waals surface area contributed by atoms with Gasteiger partial charge in [-0.3, -0.25) is 0 Å². The molecule has 138 valence electrons. The number of ether oxygens (including phenoxy) is 6. The second-order valence-electron chi connectivity index (χ2n) is 8.02. The first kappa shape index (κ1) is 17.1. The zero-order chi connectivity index (χ0) is 17.1. The summed E-state index contributed by atoms with van der Waals surface area (Å²) < 4.78 is 36.0. The third-order valence-corrected chi connectivity index (χ3v) is 5.09. The highest BCUT2D eigenvalue weighted by Crippen LogP contribution is 2.45. The van der Waals surface area contributed by atoms with Crippen LogP contribution in [0.4, 0.5) is 0 Å². The quantitative estimate of drug-likeness (QED) is 0.809. The van der Waals surface area contributed by atoms with Crippen molar-refractivity contribution >= 4 is 0 Å². The van der Waals surface area contributed by atoms with Crippen LogP contribution in [0.1, 0.15) is 47.0 Å². The first-order valence-corrected chi connectivity index (χ1v) is 8.92. The topological polar surface area (TPSA) is 75.6 Å². The first-order valence-electron chi connectivity index (χ1n) is 8.92. The number of hydrogen-bond donors (Lipinski definition) is 1. The molecule has 3 aliphatic heterocycles. The van der Waals surface area contributed by atoms with E-state index in [9.17, 15) is 5.11 Å². The average molecular weight is 344 g/mol. The van der Waals surface area contributed by atoms with Gasteiger partial charge in [-0.05, 0) is 47.0 Å². The van der Waals surface area contributed by atoms with Crippen molar-refractivity contribution in [3.05, 3.63) is 0 Å². The summed E-state index contributed by atoms with van der Waals surface area (Å²) in [6, 6.07) is 0. The highest BCUT2D eigenvalue weighted by Gasteiger charge is 2.63. The van der Waals surface area contributed by atoms with E-state index in [0.717, 1.165) is 19.3 Å². The van der Waals surface area contributed by atoms with Crippen molar-refractivity contribution in [2.24, 2.45) is 0 Å². The lowest BCUT2D eigenvalue weighted by atomic mass is 9.85. The summed E-state index contributed by atoms with van der Waals surface area (Å²) in [5.41, 5.74) is 0. The molecule has 0 bridgehead atoms. The lowest BCUT2D eigenvalue weighted by Gasteiger charge is -2.42. The lowest BCUT2D eigenvalue weighted by Crippen LogP contribution is -2.63. The van der Waals surface area contributed by atoms with Crippen LogP contribution in [0.5, 0.6) is 0 Å². The standard InChI is InChI=1S/C17H28O7/c1-16(2)21-11-10(18)12-15(24-17(3,4)22-12)13(14(11)23-16)20-9-7-5-6-8-19-9/h9-15,18H,5-8H2,1-4H3/t9?,10?,11-,12-,13?,14-,15+/m0/s1. The lowest BCUT2D eigenvalue weighted by molar-refractivity contribution is -0.254. The van der Waals surface area contributed by atoms with Gasteiger partial charge in [0, 0.05) is 6.61 Å². The van der Waals surface area contributed by atoms with E-state index in [1.807, 2.05) is 27.7 Å². The monoisotopic (exact) mass is 344 g/mol. The van der Waals surface area contributed by atoms with E-state index in [1.165, 1.54) is 0 Å². The van der Waals surface area contributed by atoms with Crippen molar-refractivity contribution in [3.63, 3.8) is 0 Å². The Bertz CT molecular complexity index is 442. The summed E-state index contributed by atoms with van der Waals surface area (Å²) in [5, 5.41) is 10.7. The Morgan fingerprint density at radius 3 is 1.88 bits per heavy atom. The van der Waals surface area contributed by atoms with Gasteiger partial charge in [-0.15, -0.1) is 0 Å². The molecule has 7 atom stereocenters. The van der Waals surface area contributed by atoms with Crippen molar-refractivity contribution < 1.29 is 33.5 Å². The molecule has 3 heterocycles. The van der Waals surface area contributed by atoms with Gasteiger partial charge in [0.2, 0.25) is 0 Å². The second kappa shape index (κ2) is 5.87. The zero-order valence-corrected chi connectivity index (χ0v) is 14.8. The Morgan fingerprint density at radius 1 is 0.833 bits per heavy atom. The third kappa shape index (κ3) is 3.00. The van der Waals surface area contributed by atoms with Gasteiger partial charge in [-0.2, -0.15) is 0 Å². The Hall–Kier alpha value is -0.280. The fourth-order valence-electron chi connectivity index (χ4n) is 4.19. The van der Waals surface area contributed by atoms with Crippen LogP contribution in [0.15, 0.2) is 0 Å². The van der Waals surface area contributed by atoms with Crippen LogP contribution >= 0.6 is 0 Å². The van der Waals surface area contributed by atoms with Crippen molar-refractivity contribution in [2.75, 3.05) is 6.61 Å². The van der Waals surface area contributed by atoms with Crippen molar-refractivity contribution in [3.8, 4) is 0 Å². The minimum Gasteiger partial charge on any atom is -0.387 e. The molecule has 1 saturated carbocycles. The molecular weight excluding hydrogens is 316 g/mol. The molecule has 0 aromatic heterocycles. The van der Waals surface area contributed by atoms with Crippen molar-refractivity contribution in [2.45, 2.75) is 101 Å². The van der Waals surface area contributed by atoms with Gasteiger partial charge >= 0.3 is 0 Å². The number of rotatable bonds is 2. The molecule has 1 N–H and O–H groups in total. The van der Waals surface area contributed by atoms with Crippen molar-refractivity contribution in [1.82, 2.24) is 0 Å². The summed E-state index contributed by atoms with van der Waals surface area (Å²) in [5.74, 6) is -1.56. The minimum atomic E-state index is -0.823. The summed E-state index contributed by atoms with van der Waals surface area (Å²) in [6.07, 6.45) is -0.375. The maximum atomic E-state index is 10.7. The van der Waals surface area contributed by atoms with E-state index >= 15 is 0 Å². The fraction of sp³-hybridized carbons (Fsp3) is 1.00. The fourth-order valence-corrected chi connectivity index (χ4v) is 4.19. The summed E-state index contributed by atoms with van der Waals surface area (Å²) in [7, 11) is 0. The molecule has 0 radical (unpaired) electrons. The Balaban J connectivity index is 1.60. The number of aliphatic hydroxyl groups is 1. The van der Waals surface area contributed by atoms with Gasteiger partial charge in [0.25, 0.3) is 0 Å². The first-order chi connectivity index (χ1) is 11.3. The van der Waals surface area contributed by atoms with Gasteiger partial charge in [-0.25, -0.2) is 0 Å². The van der Waals surface area contributed by atoms with Crippen LogP contribution in [0, 0.1) is 0 Å². The Labute approximate surface area is 142 Å². The third-order valence-electron chi connectivity index (χ3n) is 5.09. The van der Waals surface area contributed by atoms with E-state index in [-0.39, 0.29) is 6.29 Å². The van der Waals surface area contributed by atoms with Crippen LogP contribution in [-0.4, -0.2) is 66.2 Å². The molecule has 0 spiro atoms. The predicted octanol–water partition coefficient (Wildman–Crippen LogP) is 1.31. The van der Waals surface area contributed by atoms with Gasteiger partial charge in [-0.1, -0.05) is 0 Å². The zero-order valence-electron chi connectivity index (χ0n) is 14.8. The highest BCUT2D eigenvalue weighted by atomic mass is 16.8. The minimum absolute atomic E-state index is 0.278. The van der Waals surface area contributed by atoms with Crippen LogP contribution in [0.25, 0.3) is 0 Å². The molecule has 4 fully saturated rings. The largest absolute Gasteiger partial charge is 0.387 e. The van der Waals surface area contributed by atoms with E-state index in [4.69, 9.17) is 28.4 Å². The summed E-state index contributed by atoms with van der Waals surface area (Å²) in [4.78, 5) is 0. The van der Waals surface area contributed by atoms with Gasteiger partial charge < -0.3 is 33.5 Å². The number of fused-ring (bicyclic) bond motifs is 2. The van der Waals surface area contributed by atoms with Crippen LogP contribution in [0.2, 0.25) is 0 Å². The van der Waals surface area contributed by atoms with E-state index in [0.29, 0.717) is 6.61 Å². The molecule has 7 heteroatoms.